The highest BCUT2D eigenvalue weighted by atomic mass is 16.7. The van der Waals surface area contributed by atoms with Crippen molar-refractivity contribution in [3.8, 4) is 0 Å². The number of hydrogen-bond donors (Lipinski definition) is 3. The lowest BCUT2D eigenvalue weighted by atomic mass is 9.45. The molecule has 3 saturated heterocycles. The first-order valence-corrected chi connectivity index (χ1v) is 21.7. The van der Waals surface area contributed by atoms with Gasteiger partial charge in [-0.1, -0.05) is 27.7 Å². The third-order valence-corrected chi connectivity index (χ3v) is 15.1. The molecule has 13 heteroatoms. The summed E-state index contributed by atoms with van der Waals surface area (Å²) in [6, 6.07) is -1.02. The number of nitrogens with zero attached hydrogens (tertiary/aromatic N) is 2. The molecule has 1 aromatic heterocycles. The molecular weight excluding hydrogens is 727 g/mol. The molecule has 6 fully saturated rings. The maximum Gasteiger partial charge on any atom is 0.408 e. The van der Waals surface area contributed by atoms with Crippen LogP contribution in [0, 0.1) is 52.3 Å². The van der Waals surface area contributed by atoms with Gasteiger partial charge in [0.05, 0.1) is 32.0 Å². The minimum Gasteiger partial charge on any atom is -0.462 e. The minimum atomic E-state index is -1.02. The summed E-state index contributed by atoms with van der Waals surface area (Å²) < 4.78 is 25.3. The lowest BCUT2D eigenvalue weighted by Gasteiger charge is -2.60. The first-order chi connectivity index (χ1) is 26.6. The van der Waals surface area contributed by atoms with Gasteiger partial charge in [-0.05, 0) is 120 Å². The van der Waals surface area contributed by atoms with Crippen LogP contribution in [0.4, 0.5) is 4.79 Å². The van der Waals surface area contributed by atoms with Gasteiger partial charge < -0.3 is 39.5 Å². The van der Waals surface area contributed by atoms with E-state index in [-0.39, 0.29) is 66.2 Å². The maximum atomic E-state index is 14.7. The van der Waals surface area contributed by atoms with Crippen molar-refractivity contribution >= 4 is 23.9 Å². The van der Waals surface area contributed by atoms with Gasteiger partial charge in [0.1, 0.15) is 17.7 Å². The average Bonchev–Trinajstić information content (AvgIpc) is 3.87. The number of aromatic nitrogens is 2. The van der Waals surface area contributed by atoms with E-state index >= 15 is 0 Å². The molecule has 0 radical (unpaired) electrons. The van der Waals surface area contributed by atoms with Crippen LogP contribution in [-0.4, -0.2) is 93.6 Å². The fraction of sp³-hybridized carbons (Fsp3) is 0.841. The van der Waals surface area contributed by atoms with Crippen molar-refractivity contribution in [2.24, 2.45) is 52.3 Å². The SMILES string of the molecule is C[C@@H]1CC[C@@]2(OC1)O[C@H]1C[C@H]3[C@@H]4C[C@H]5OC(=O)C[C@H]5[C@](C)(CCN(CC(=O)NC(C)(C)C)C(=O)[C@H](Cc5cnc[nH]5)NC(=O)OC(C)(C)C)[C@H]4CC[C@]3(C)[C@H]1[C@@H]2C. The number of fused-ring (bicyclic) bond motifs is 6. The number of rotatable bonds is 9. The van der Waals surface area contributed by atoms with Crippen LogP contribution in [0.15, 0.2) is 12.5 Å². The molecule has 318 valence electrons. The molecule has 3 aliphatic carbocycles. The Bertz CT molecular complexity index is 1660. The number of hydrogen-bond acceptors (Lipinski definition) is 9. The van der Waals surface area contributed by atoms with E-state index in [0.29, 0.717) is 54.0 Å². The zero-order valence-electron chi connectivity index (χ0n) is 36.1. The lowest BCUT2D eigenvalue weighted by Crippen LogP contribution is -2.58. The van der Waals surface area contributed by atoms with E-state index < -0.39 is 29.1 Å². The Hall–Kier alpha value is -3.19. The third-order valence-electron chi connectivity index (χ3n) is 15.1. The fourth-order valence-corrected chi connectivity index (χ4v) is 12.6. The van der Waals surface area contributed by atoms with Crippen LogP contribution in [0.1, 0.15) is 126 Å². The molecule has 6 aliphatic rings. The fourth-order valence-electron chi connectivity index (χ4n) is 12.6. The minimum absolute atomic E-state index is 0.00797. The summed E-state index contributed by atoms with van der Waals surface area (Å²) in [5.41, 5.74) is -0.882. The molecule has 1 aromatic rings. The Morgan fingerprint density at radius 1 is 1.04 bits per heavy atom. The van der Waals surface area contributed by atoms with E-state index in [0.717, 1.165) is 45.1 Å². The number of amides is 3. The zero-order chi connectivity index (χ0) is 41.3. The summed E-state index contributed by atoms with van der Waals surface area (Å²) in [5, 5.41) is 5.83. The number of ether oxygens (including phenoxy) is 4. The molecule has 0 aromatic carbocycles. The van der Waals surface area contributed by atoms with Crippen LogP contribution >= 0.6 is 0 Å². The van der Waals surface area contributed by atoms with Crippen LogP contribution in [-0.2, 0) is 39.8 Å². The lowest BCUT2D eigenvalue weighted by molar-refractivity contribution is -0.273. The van der Waals surface area contributed by atoms with Crippen LogP contribution in [0.2, 0.25) is 0 Å². The van der Waals surface area contributed by atoms with E-state index in [4.69, 9.17) is 18.9 Å². The van der Waals surface area contributed by atoms with E-state index in [1.807, 2.05) is 20.8 Å². The monoisotopic (exact) mass is 796 g/mol. The highest BCUT2D eigenvalue weighted by Crippen LogP contribution is 2.71. The number of alkyl carbamates (subject to hydrolysis) is 1. The van der Waals surface area contributed by atoms with Gasteiger partial charge in [0.25, 0.3) is 0 Å². The van der Waals surface area contributed by atoms with Gasteiger partial charge >= 0.3 is 12.1 Å². The molecule has 1 spiro atoms. The van der Waals surface area contributed by atoms with Gasteiger partial charge in [-0.3, -0.25) is 14.4 Å². The summed E-state index contributed by atoms with van der Waals surface area (Å²) in [6.45, 7) is 21.3. The smallest absolute Gasteiger partial charge is 0.408 e. The molecule has 4 heterocycles. The van der Waals surface area contributed by atoms with Crippen molar-refractivity contribution in [2.45, 2.75) is 162 Å². The number of nitrogens with one attached hydrogen (secondary N) is 3. The second-order valence-electron chi connectivity index (χ2n) is 21.3. The highest BCUT2D eigenvalue weighted by Gasteiger charge is 2.70. The second-order valence-corrected chi connectivity index (χ2v) is 21.3. The largest absolute Gasteiger partial charge is 0.462 e. The molecule has 3 aliphatic heterocycles. The maximum absolute atomic E-state index is 14.7. The molecule has 57 heavy (non-hydrogen) atoms. The van der Waals surface area contributed by atoms with E-state index in [1.54, 1.807) is 31.9 Å². The first-order valence-electron chi connectivity index (χ1n) is 21.7. The van der Waals surface area contributed by atoms with Crippen molar-refractivity contribution in [3.63, 3.8) is 0 Å². The third kappa shape index (κ3) is 8.22. The molecule has 0 unspecified atom stereocenters. The van der Waals surface area contributed by atoms with E-state index in [2.05, 4.69) is 48.3 Å². The van der Waals surface area contributed by atoms with Gasteiger partial charge in [0, 0.05) is 48.7 Å². The number of imidazole rings is 1. The topological polar surface area (TPSA) is 161 Å². The first kappa shape index (κ1) is 42.0. The zero-order valence-corrected chi connectivity index (χ0v) is 36.1. The van der Waals surface area contributed by atoms with Gasteiger partial charge in [0.15, 0.2) is 5.79 Å². The number of carbonyl (C=O) groups is 4. The Labute approximate surface area is 339 Å². The van der Waals surface area contributed by atoms with Crippen molar-refractivity contribution < 1.29 is 38.1 Å². The summed E-state index contributed by atoms with van der Waals surface area (Å²) >= 11 is 0. The molecule has 0 bridgehead atoms. The van der Waals surface area contributed by atoms with Crippen molar-refractivity contribution in [2.75, 3.05) is 19.7 Å². The summed E-state index contributed by atoms with van der Waals surface area (Å²) in [5.74, 6) is 1.02. The summed E-state index contributed by atoms with van der Waals surface area (Å²) in [6.07, 6.45) is 9.49. The van der Waals surface area contributed by atoms with Gasteiger partial charge in [-0.2, -0.15) is 0 Å². The van der Waals surface area contributed by atoms with Gasteiger partial charge in [-0.25, -0.2) is 9.78 Å². The number of H-pyrrole nitrogens is 1. The Kier molecular flexibility index (Phi) is 11.1. The highest BCUT2D eigenvalue weighted by molar-refractivity contribution is 5.90. The summed E-state index contributed by atoms with van der Waals surface area (Å²) in [7, 11) is 0. The quantitative estimate of drug-likeness (QED) is 0.249. The molecule has 7 rings (SSSR count). The molecule has 13 nitrogen and oxygen atoms in total. The van der Waals surface area contributed by atoms with Crippen molar-refractivity contribution in [1.82, 2.24) is 25.5 Å². The molecular formula is C44H69N5O8. The second kappa shape index (κ2) is 15.1. The number of carbonyl (C=O) groups excluding carboxylic acids is 4. The van der Waals surface area contributed by atoms with Crippen LogP contribution < -0.4 is 10.6 Å². The Morgan fingerprint density at radius 2 is 1.79 bits per heavy atom. The Balaban J connectivity index is 1.15. The van der Waals surface area contributed by atoms with Gasteiger partial charge in [0.2, 0.25) is 11.8 Å². The Morgan fingerprint density at radius 3 is 2.44 bits per heavy atom. The number of aromatic amines is 1. The molecule has 3 amide bonds. The standard InChI is InChI=1S/C44H69N5O8/c1-25-11-14-44(54-23-25)26(2)37-34(56-44)19-30-28-18-33-31(20-36(51)55-33)42(9,29(28)12-13-43(30,37)10)15-16-49(22-35(50)48-40(3,4)5)38(52)32(17-27-21-45-24-46-27)47-39(53)57-41(6,7)8/h21,24-26,28-34,37H,11-20,22-23H2,1-10H3,(H,45,46)(H,47,53)(H,48,50)/t25-,26+,28-,29+,30+,31-,32+,33-,34+,37+,42-,43+,44-/m1/s1. The predicted octanol–water partition coefficient (Wildman–Crippen LogP) is 6.17. The van der Waals surface area contributed by atoms with Crippen LogP contribution in [0.3, 0.4) is 0 Å². The normalized spacial score (nSPS) is 39.0. The average molecular weight is 796 g/mol. The predicted molar refractivity (Wildman–Crippen MR) is 212 cm³/mol. The molecule has 3 N–H and O–H groups in total. The van der Waals surface area contributed by atoms with Crippen molar-refractivity contribution in [1.29, 1.82) is 0 Å². The van der Waals surface area contributed by atoms with Crippen LogP contribution in [0.25, 0.3) is 0 Å². The van der Waals surface area contributed by atoms with Crippen LogP contribution in [0.5, 0.6) is 0 Å². The molecule has 13 atom stereocenters. The molecule has 3 saturated carbocycles. The van der Waals surface area contributed by atoms with E-state index in [9.17, 15) is 19.2 Å². The van der Waals surface area contributed by atoms with E-state index in [1.165, 1.54) is 6.33 Å². The summed E-state index contributed by atoms with van der Waals surface area (Å²) in [4.78, 5) is 63.4. The van der Waals surface area contributed by atoms with Crippen molar-refractivity contribution in [3.05, 3.63) is 18.2 Å². The van der Waals surface area contributed by atoms with Gasteiger partial charge in [-0.15, -0.1) is 0 Å². The number of esters is 1.